The van der Waals surface area contributed by atoms with Crippen LogP contribution in [-0.4, -0.2) is 31.2 Å². The number of rotatable bonds is 6. The van der Waals surface area contributed by atoms with Gasteiger partial charge in [0.25, 0.3) is 0 Å². The summed E-state index contributed by atoms with van der Waals surface area (Å²) < 4.78 is 29.9. The van der Waals surface area contributed by atoms with E-state index in [4.69, 9.17) is 0 Å². The van der Waals surface area contributed by atoms with Gasteiger partial charge in [-0.25, -0.2) is 13.1 Å². The van der Waals surface area contributed by atoms with E-state index in [2.05, 4.69) is 9.71 Å². The van der Waals surface area contributed by atoms with Crippen LogP contribution in [0.5, 0.6) is 0 Å². The molecule has 1 N–H and O–H groups in total. The van der Waals surface area contributed by atoms with E-state index in [0.29, 0.717) is 10.4 Å². The first-order valence-electron chi connectivity index (χ1n) is 8.51. The number of para-hydroxylation sites is 1. The van der Waals surface area contributed by atoms with Gasteiger partial charge in [-0.2, -0.15) is 4.99 Å². The summed E-state index contributed by atoms with van der Waals surface area (Å²) in [7, 11) is -1.98. The van der Waals surface area contributed by atoms with Gasteiger partial charge in [0.2, 0.25) is 15.9 Å². The number of thiazole rings is 1. The summed E-state index contributed by atoms with van der Waals surface area (Å²) in [6.45, 7) is 1.29. The number of benzene rings is 2. The van der Waals surface area contributed by atoms with Crippen molar-refractivity contribution in [2.45, 2.75) is 18.2 Å². The number of aromatic nitrogens is 1. The second-order valence-electron chi connectivity index (χ2n) is 6.15. The molecule has 0 fully saturated rings. The number of hydrogen-bond acceptors (Lipinski definition) is 5. The maximum absolute atomic E-state index is 12.4. The zero-order valence-corrected chi connectivity index (χ0v) is 17.0. The third kappa shape index (κ3) is 4.44. The fourth-order valence-corrected chi connectivity index (χ4v) is 4.72. The molecule has 0 unspecified atom stereocenters. The zero-order valence-electron chi connectivity index (χ0n) is 15.4. The molecule has 0 bridgehead atoms. The molecule has 2 aromatic carbocycles. The molecule has 1 heterocycles. The molecule has 7 nitrogen and oxygen atoms in total. The molecule has 0 spiro atoms. The first kappa shape index (κ1) is 20.1. The quantitative estimate of drug-likeness (QED) is 0.622. The number of nitrogens with zero attached hydrogens (tertiary/aromatic N) is 2. The van der Waals surface area contributed by atoms with Crippen LogP contribution in [0.2, 0.25) is 0 Å². The van der Waals surface area contributed by atoms with Crippen LogP contribution in [0.4, 0.5) is 0 Å². The lowest BCUT2D eigenvalue weighted by molar-refractivity contribution is -0.117. The highest BCUT2D eigenvalue weighted by Crippen LogP contribution is 2.15. The lowest BCUT2D eigenvalue weighted by Gasteiger charge is -2.06. The number of Topliss-reactive ketones (excluding diaryl/α,β-unsaturated/α-hetero) is 1. The largest absolute Gasteiger partial charge is 0.319 e. The van der Waals surface area contributed by atoms with E-state index < -0.39 is 15.9 Å². The summed E-state index contributed by atoms with van der Waals surface area (Å²) in [5.74, 6) is -0.635. The van der Waals surface area contributed by atoms with Crippen LogP contribution in [0.1, 0.15) is 23.7 Å². The van der Waals surface area contributed by atoms with Crippen LogP contribution in [0, 0.1) is 0 Å². The van der Waals surface area contributed by atoms with Crippen molar-refractivity contribution in [3.8, 4) is 0 Å². The van der Waals surface area contributed by atoms with Crippen LogP contribution in [0.15, 0.2) is 58.4 Å². The molecule has 3 rings (SSSR count). The number of carbonyl (C=O) groups is 2. The predicted octanol–water partition coefficient (Wildman–Crippen LogP) is 2.24. The van der Waals surface area contributed by atoms with Gasteiger partial charge in [0, 0.05) is 25.6 Å². The molecule has 0 aliphatic heterocycles. The van der Waals surface area contributed by atoms with E-state index in [0.717, 1.165) is 10.2 Å². The fraction of sp³-hybridized carbons (Fsp3) is 0.211. The van der Waals surface area contributed by atoms with Gasteiger partial charge in [-0.15, -0.1) is 0 Å². The van der Waals surface area contributed by atoms with Crippen LogP contribution in [0.25, 0.3) is 10.2 Å². The molecule has 0 radical (unpaired) electrons. The molecular formula is C19H19N3O4S2. The Morgan fingerprint density at radius 2 is 1.89 bits per heavy atom. The van der Waals surface area contributed by atoms with E-state index in [9.17, 15) is 18.0 Å². The predicted molar refractivity (Wildman–Crippen MR) is 108 cm³/mol. The molecule has 1 amide bonds. The van der Waals surface area contributed by atoms with Crippen molar-refractivity contribution in [2.75, 3.05) is 6.54 Å². The molecule has 1 aromatic heterocycles. The Morgan fingerprint density at radius 3 is 2.61 bits per heavy atom. The highest BCUT2D eigenvalue weighted by Gasteiger charge is 2.15. The maximum atomic E-state index is 12.4. The van der Waals surface area contributed by atoms with Crippen molar-refractivity contribution in [1.82, 2.24) is 9.29 Å². The van der Waals surface area contributed by atoms with E-state index in [1.54, 1.807) is 6.07 Å². The van der Waals surface area contributed by atoms with Gasteiger partial charge < -0.3 is 4.57 Å². The number of amides is 1. The minimum Gasteiger partial charge on any atom is -0.319 e. The Balaban J connectivity index is 1.68. The van der Waals surface area contributed by atoms with E-state index in [1.807, 2.05) is 35.9 Å². The zero-order chi connectivity index (χ0) is 20.3. The monoisotopic (exact) mass is 417 g/mol. The van der Waals surface area contributed by atoms with Gasteiger partial charge in [0.15, 0.2) is 10.6 Å². The topological polar surface area (TPSA) is 97.6 Å². The van der Waals surface area contributed by atoms with Gasteiger partial charge in [-0.3, -0.25) is 9.59 Å². The molecule has 0 aliphatic rings. The Kier molecular flexibility index (Phi) is 5.87. The van der Waals surface area contributed by atoms with Crippen LogP contribution in [-0.2, 0) is 21.9 Å². The number of carbonyl (C=O) groups excluding carboxylic acids is 2. The van der Waals surface area contributed by atoms with Crippen LogP contribution >= 0.6 is 11.3 Å². The third-order valence-electron chi connectivity index (χ3n) is 4.12. The van der Waals surface area contributed by atoms with Gasteiger partial charge in [0.1, 0.15) is 0 Å². The summed E-state index contributed by atoms with van der Waals surface area (Å²) in [5.41, 5.74) is 1.29. The number of fused-ring (bicyclic) bond motifs is 1. The minimum atomic E-state index is -3.81. The molecule has 9 heteroatoms. The molecule has 0 aliphatic carbocycles. The highest BCUT2D eigenvalue weighted by atomic mass is 32.2. The van der Waals surface area contributed by atoms with Gasteiger partial charge in [0.05, 0.1) is 15.1 Å². The molecule has 146 valence electrons. The minimum absolute atomic E-state index is 0.0134. The Bertz CT molecular complexity index is 1220. The average molecular weight is 418 g/mol. The first-order chi connectivity index (χ1) is 13.3. The van der Waals surface area contributed by atoms with Crippen molar-refractivity contribution in [3.05, 3.63) is 58.9 Å². The van der Waals surface area contributed by atoms with E-state index >= 15 is 0 Å². The first-order valence-corrected chi connectivity index (χ1v) is 10.8. The molecular weight excluding hydrogens is 398 g/mol. The Hall–Kier alpha value is -2.62. The SMILES string of the molecule is CC(=O)c1cccc(S(=O)(=O)NCCC(=O)N=c2sc3ccccc3n2C)c1. The Labute approximate surface area is 166 Å². The summed E-state index contributed by atoms with van der Waals surface area (Å²) in [4.78, 5) is 28.2. The number of hydrogen-bond donors (Lipinski definition) is 1. The summed E-state index contributed by atoms with van der Waals surface area (Å²) >= 11 is 1.40. The Morgan fingerprint density at radius 1 is 1.14 bits per heavy atom. The normalized spacial score (nSPS) is 12.4. The van der Waals surface area contributed by atoms with Crippen molar-refractivity contribution in [2.24, 2.45) is 12.0 Å². The molecule has 28 heavy (non-hydrogen) atoms. The summed E-state index contributed by atoms with van der Waals surface area (Å²) in [6, 6.07) is 13.5. The van der Waals surface area contributed by atoms with Crippen molar-refractivity contribution in [3.63, 3.8) is 0 Å². The standard InChI is InChI=1S/C19H19N3O4S2/c1-13(23)14-6-5-7-15(12-14)28(25,26)20-11-10-18(24)21-19-22(2)16-8-3-4-9-17(16)27-19/h3-9,12,20H,10-11H2,1-2H3. The second-order valence-corrected chi connectivity index (χ2v) is 8.92. The van der Waals surface area contributed by atoms with Gasteiger partial charge in [-0.05, 0) is 31.2 Å². The van der Waals surface area contributed by atoms with E-state index in [1.165, 1.54) is 36.5 Å². The summed E-state index contributed by atoms with van der Waals surface area (Å²) in [6.07, 6.45) is -0.0696. The number of aryl methyl sites for hydroxylation is 1. The van der Waals surface area contributed by atoms with E-state index in [-0.39, 0.29) is 23.6 Å². The summed E-state index contributed by atoms with van der Waals surface area (Å²) in [5, 5.41) is 0. The van der Waals surface area contributed by atoms with Crippen LogP contribution in [0.3, 0.4) is 0 Å². The van der Waals surface area contributed by atoms with Gasteiger partial charge in [-0.1, -0.05) is 35.6 Å². The molecule has 0 atom stereocenters. The van der Waals surface area contributed by atoms with Crippen molar-refractivity contribution < 1.29 is 18.0 Å². The van der Waals surface area contributed by atoms with Gasteiger partial charge >= 0.3 is 0 Å². The second kappa shape index (κ2) is 8.17. The average Bonchev–Trinajstić information content (AvgIpc) is 2.97. The molecule has 0 saturated heterocycles. The number of nitrogens with one attached hydrogen (secondary N) is 1. The lowest BCUT2D eigenvalue weighted by atomic mass is 10.2. The maximum Gasteiger partial charge on any atom is 0.249 e. The van der Waals surface area contributed by atoms with Crippen molar-refractivity contribution >= 4 is 43.3 Å². The fourth-order valence-electron chi connectivity index (χ4n) is 2.61. The molecule has 0 saturated carbocycles. The number of sulfonamides is 1. The van der Waals surface area contributed by atoms with Crippen molar-refractivity contribution in [1.29, 1.82) is 0 Å². The number of ketones is 1. The smallest absolute Gasteiger partial charge is 0.249 e. The molecule has 3 aromatic rings. The van der Waals surface area contributed by atoms with Crippen LogP contribution < -0.4 is 9.52 Å². The highest BCUT2D eigenvalue weighted by molar-refractivity contribution is 7.89. The lowest BCUT2D eigenvalue weighted by Crippen LogP contribution is -2.26. The third-order valence-corrected chi connectivity index (χ3v) is 6.69.